The van der Waals surface area contributed by atoms with Crippen molar-refractivity contribution in [3.05, 3.63) is 29.8 Å². The van der Waals surface area contributed by atoms with Crippen molar-refractivity contribution in [2.75, 3.05) is 6.54 Å². The minimum atomic E-state index is -0.328. The number of halogens is 1. The van der Waals surface area contributed by atoms with E-state index in [0.717, 1.165) is 12.1 Å². The van der Waals surface area contributed by atoms with Gasteiger partial charge in [-0.3, -0.25) is 9.98 Å². The third kappa shape index (κ3) is 1.81. The number of pyridine rings is 1. The summed E-state index contributed by atoms with van der Waals surface area (Å²) in [6, 6.07) is 3.10. The normalized spacial score (nSPS) is 21.2. The number of nitrogens with two attached hydrogens (primary N) is 1. The molecule has 2 rings (SSSR count). The van der Waals surface area contributed by atoms with E-state index in [-0.39, 0.29) is 11.9 Å². The third-order valence-electron chi connectivity index (χ3n) is 2.13. The Morgan fingerprint density at radius 2 is 2.36 bits per heavy atom. The molecule has 1 aromatic heterocycles. The monoisotopic (exact) mass is 194 g/mol. The van der Waals surface area contributed by atoms with Crippen LogP contribution in [-0.2, 0) is 0 Å². The Labute approximate surface area is 81.1 Å². The second kappa shape index (κ2) is 3.61. The number of nitrogens with one attached hydrogen (secondary N) is 1. The van der Waals surface area contributed by atoms with Crippen LogP contribution in [0.1, 0.15) is 18.2 Å². The van der Waals surface area contributed by atoms with Crippen molar-refractivity contribution < 1.29 is 4.39 Å². The second-order valence-electron chi connectivity index (χ2n) is 3.15. The highest BCUT2D eigenvalue weighted by molar-refractivity contribution is 5.78. The number of aliphatic imine (C=N–C) groups is 1. The zero-order valence-corrected chi connectivity index (χ0v) is 7.57. The third-order valence-corrected chi connectivity index (χ3v) is 2.13. The van der Waals surface area contributed by atoms with E-state index in [1.54, 1.807) is 6.07 Å². The largest absolute Gasteiger partial charge is 0.370 e. The molecule has 14 heavy (non-hydrogen) atoms. The van der Waals surface area contributed by atoms with E-state index in [9.17, 15) is 4.39 Å². The molecular weight excluding hydrogens is 183 g/mol. The molecule has 1 aliphatic heterocycles. The Morgan fingerprint density at radius 3 is 3.00 bits per heavy atom. The molecule has 0 aromatic carbocycles. The Balaban J connectivity index is 2.16. The van der Waals surface area contributed by atoms with Gasteiger partial charge in [0.2, 0.25) is 0 Å². The highest BCUT2D eigenvalue weighted by Crippen LogP contribution is 2.16. The van der Waals surface area contributed by atoms with Crippen LogP contribution in [0, 0.1) is 5.82 Å². The van der Waals surface area contributed by atoms with Gasteiger partial charge in [-0.1, -0.05) is 0 Å². The topological polar surface area (TPSA) is 63.3 Å². The number of aromatic nitrogens is 1. The lowest BCUT2D eigenvalue weighted by Gasteiger charge is -2.21. The molecule has 0 bridgehead atoms. The molecule has 4 nitrogen and oxygen atoms in total. The van der Waals surface area contributed by atoms with Gasteiger partial charge in [-0.2, -0.15) is 0 Å². The van der Waals surface area contributed by atoms with Crippen LogP contribution < -0.4 is 11.1 Å². The van der Waals surface area contributed by atoms with Crippen LogP contribution in [0.4, 0.5) is 4.39 Å². The van der Waals surface area contributed by atoms with Gasteiger partial charge in [0.05, 0.1) is 17.9 Å². The van der Waals surface area contributed by atoms with Gasteiger partial charge < -0.3 is 11.1 Å². The average molecular weight is 194 g/mol. The van der Waals surface area contributed by atoms with Crippen molar-refractivity contribution in [1.82, 2.24) is 10.3 Å². The van der Waals surface area contributed by atoms with Crippen molar-refractivity contribution in [3.63, 3.8) is 0 Å². The Morgan fingerprint density at radius 1 is 1.50 bits per heavy atom. The van der Waals surface area contributed by atoms with Crippen LogP contribution >= 0.6 is 0 Å². The number of hydrogen-bond donors (Lipinski definition) is 2. The number of guanidine groups is 1. The summed E-state index contributed by atoms with van der Waals surface area (Å²) in [5.74, 6) is 0.0959. The highest BCUT2D eigenvalue weighted by Gasteiger charge is 2.16. The molecule has 74 valence electrons. The fourth-order valence-corrected chi connectivity index (χ4v) is 1.43. The van der Waals surface area contributed by atoms with Gasteiger partial charge in [-0.15, -0.1) is 0 Å². The standard InChI is InChI=1S/C9H11FN4/c10-6-1-2-7(13-5-6)8-3-4-12-9(11)14-8/h1-2,5,8H,3-4H2,(H3,11,12,14). The molecule has 2 heterocycles. The first kappa shape index (κ1) is 8.93. The van der Waals surface area contributed by atoms with E-state index in [1.807, 2.05) is 0 Å². The molecule has 0 aliphatic carbocycles. The van der Waals surface area contributed by atoms with E-state index in [0.29, 0.717) is 12.5 Å². The molecule has 0 amide bonds. The zero-order chi connectivity index (χ0) is 9.97. The fraction of sp³-hybridized carbons (Fsp3) is 0.333. The Kier molecular flexibility index (Phi) is 2.30. The molecule has 1 aliphatic rings. The van der Waals surface area contributed by atoms with Crippen LogP contribution in [0.5, 0.6) is 0 Å². The first-order valence-corrected chi connectivity index (χ1v) is 4.43. The maximum absolute atomic E-state index is 12.6. The van der Waals surface area contributed by atoms with Crippen molar-refractivity contribution >= 4 is 5.96 Å². The lowest BCUT2D eigenvalue weighted by atomic mass is 10.1. The quantitative estimate of drug-likeness (QED) is 0.687. The predicted molar refractivity (Wildman–Crippen MR) is 51.2 cm³/mol. The summed E-state index contributed by atoms with van der Waals surface area (Å²) in [5.41, 5.74) is 6.33. The molecule has 5 heteroatoms. The fourth-order valence-electron chi connectivity index (χ4n) is 1.43. The summed E-state index contributed by atoms with van der Waals surface area (Å²) >= 11 is 0. The summed E-state index contributed by atoms with van der Waals surface area (Å²) in [4.78, 5) is 7.99. The Hall–Kier alpha value is -1.65. The molecule has 0 spiro atoms. The minimum Gasteiger partial charge on any atom is -0.370 e. The van der Waals surface area contributed by atoms with E-state index in [2.05, 4.69) is 15.3 Å². The summed E-state index contributed by atoms with van der Waals surface area (Å²) < 4.78 is 12.6. The minimum absolute atomic E-state index is 0.0492. The van der Waals surface area contributed by atoms with Crippen molar-refractivity contribution in [3.8, 4) is 0 Å². The smallest absolute Gasteiger partial charge is 0.189 e. The first-order valence-electron chi connectivity index (χ1n) is 4.43. The van der Waals surface area contributed by atoms with E-state index >= 15 is 0 Å². The van der Waals surface area contributed by atoms with Crippen molar-refractivity contribution in [1.29, 1.82) is 0 Å². The maximum Gasteiger partial charge on any atom is 0.189 e. The Bertz CT molecular complexity index is 346. The SMILES string of the molecule is NC1=NCCC(c2ccc(F)cn2)N1. The van der Waals surface area contributed by atoms with Crippen LogP contribution in [-0.4, -0.2) is 17.5 Å². The second-order valence-corrected chi connectivity index (χ2v) is 3.15. The van der Waals surface area contributed by atoms with Crippen LogP contribution in [0.25, 0.3) is 0 Å². The molecule has 1 atom stereocenters. The van der Waals surface area contributed by atoms with Gasteiger partial charge in [-0.25, -0.2) is 4.39 Å². The zero-order valence-electron chi connectivity index (χ0n) is 7.57. The number of nitrogens with zero attached hydrogens (tertiary/aromatic N) is 2. The highest BCUT2D eigenvalue weighted by atomic mass is 19.1. The lowest BCUT2D eigenvalue weighted by molar-refractivity contribution is 0.548. The molecule has 1 unspecified atom stereocenters. The maximum atomic E-state index is 12.6. The van der Waals surface area contributed by atoms with E-state index < -0.39 is 0 Å². The van der Waals surface area contributed by atoms with Gasteiger partial charge in [0.25, 0.3) is 0 Å². The van der Waals surface area contributed by atoms with Crippen LogP contribution in [0.3, 0.4) is 0 Å². The summed E-state index contributed by atoms with van der Waals surface area (Å²) in [6.45, 7) is 0.683. The summed E-state index contributed by atoms with van der Waals surface area (Å²) in [5, 5.41) is 2.99. The summed E-state index contributed by atoms with van der Waals surface area (Å²) in [6.07, 6.45) is 2.04. The molecular formula is C9H11FN4. The first-order chi connectivity index (χ1) is 6.75. The lowest BCUT2D eigenvalue weighted by Crippen LogP contribution is -2.39. The molecule has 3 N–H and O–H groups in total. The van der Waals surface area contributed by atoms with E-state index in [1.165, 1.54) is 12.3 Å². The van der Waals surface area contributed by atoms with Gasteiger partial charge in [-0.05, 0) is 18.6 Å². The average Bonchev–Trinajstić information content (AvgIpc) is 2.19. The van der Waals surface area contributed by atoms with Gasteiger partial charge in [0.1, 0.15) is 5.82 Å². The predicted octanol–water partition coefficient (Wildman–Crippen LogP) is 0.570. The van der Waals surface area contributed by atoms with Crippen molar-refractivity contribution in [2.45, 2.75) is 12.5 Å². The molecule has 1 aromatic rings. The number of rotatable bonds is 1. The van der Waals surface area contributed by atoms with Gasteiger partial charge in [0, 0.05) is 6.54 Å². The summed E-state index contributed by atoms with van der Waals surface area (Å²) in [7, 11) is 0. The molecule has 0 saturated heterocycles. The molecule has 0 fully saturated rings. The van der Waals surface area contributed by atoms with E-state index in [4.69, 9.17) is 5.73 Å². The molecule has 0 radical (unpaired) electrons. The van der Waals surface area contributed by atoms with Crippen LogP contribution in [0.15, 0.2) is 23.3 Å². The molecule has 0 saturated carbocycles. The van der Waals surface area contributed by atoms with Gasteiger partial charge in [0.15, 0.2) is 5.96 Å². The van der Waals surface area contributed by atoms with Gasteiger partial charge >= 0.3 is 0 Å². The number of hydrogen-bond acceptors (Lipinski definition) is 4. The van der Waals surface area contributed by atoms with Crippen LogP contribution in [0.2, 0.25) is 0 Å². The van der Waals surface area contributed by atoms with Crippen molar-refractivity contribution in [2.24, 2.45) is 10.7 Å².